The first kappa shape index (κ1) is 14.4. The third-order valence-electron chi connectivity index (χ3n) is 4.11. The van der Waals surface area contributed by atoms with Crippen LogP contribution in [0.2, 0.25) is 5.02 Å². The Kier molecular flexibility index (Phi) is 3.39. The first-order valence-corrected chi connectivity index (χ1v) is 7.59. The van der Waals surface area contributed by atoms with Crippen LogP contribution in [-0.2, 0) is 16.8 Å². The van der Waals surface area contributed by atoms with Gasteiger partial charge in [0.05, 0.1) is 0 Å². The summed E-state index contributed by atoms with van der Waals surface area (Å²) in [5, 5.41) is 7.38. The highest BCUT2D eigenvalue weighted by Crippen LogP contribution is 2.59. The van der Waals surface area contributed by atoms with Gasteiger partial charge >= 0.3 is 0 Å². The van der Waals surface area contributed by atoms with Crippen LogP contribution in [0.15, 0.2) is 54.9 Å². The zero-order valence-electron chi connectivity index (χ0n) is 12.0. The molecule has 116 valence electrons. The Hall–Kier alpha value is -2.24. The van der Waals surface area contributed by atoms with Gasteiger partial charge in [0.1, 0.15) is 29.7 Å². The van der Waals surface area contributed by atoms with Crippen molar-refractivity contribution in [3.05, 3.63) is 82.6 Å². The van der Waals surface area contributed by atoms with Crippen LogP contribution in [0.1, 0.15) is 23.1 Å². The molecule has 2 heterocycles. The van der Waals surface area contributed by atoms with E-state index in [1.165, 1.54) is 18.5 Å². The van der Waals surface area contributed by atoms with Gasteiger partial charge in [-0.2, -0.15) is 5.10 Å². The molecule has 2 unspecified atom stereocenters. The molecule has 0 spiro atoms. The standard InChI is InChI=1S/C17H13ClFN3O/c18-14-4-2-1-3-13(14)16-17(23-16,9-15-20-10-21-22-15)11-5-7-12(19)8-6-11/h1-8,10,16H,9H2,(H,20,21,22). The Morgan fingerprint density at radius 3 is 2.65 bits per heavy atom. The van der Waals surface area contributed by atoms with Crippen molar-refractivity contribution in [2.45, 2.75) is 18.1 Å². The number of aromatic amines is 1. The molecule has 0 radical (unpaired) electrons. The van der Waals surface area contributed by atoms with E-state index in [1.54, 1.807) is 12.1 Å². The summed E-state index contributed by atoms with van der Waals surface area (Å²) in [6, 6.07) is 13.9. The number of benzene rings is 2. The quantitative estimate of drug-likeness (QED) is 0.741. The lowest BCUT2D eigenvalue weighted by Gasteiger charge is -2.13. The van der Waals surface area contributed by atoms with Crippen molar-refractivity contribution < 1.29 is 9.13 Å². The van der Waals surface area contributed by atoms with Gasteiger partial charge in [0.15, 0.2) is 0 Å². The number of H-pyrrole nitrogens is 1. The van der Waals surface area contributed by atoms with Crippen LogP contribution in [0, 0.1) is 5.82 Å². The Morgan fingerprint density at radius 2 is 1.96 bits per heavy atom. The van der Waals surface area contributed by atoms with E-state index in [0.717, 1.165) is 11.1 Å². The summed E-state index contributed by atoms with van der Waals surface area (Å²) in [5.41, 5.74) is 1.19. The number of epoxide rings is 1. The molecule has 1 N–H and O–H groups in total. The van der Waals surface area contributed by atoms with Crippen LogP contribution < -0.4 is 0 Å². The summed E-state index contributed by atoms with van der Waals surface area (Å²) in [6.45, 7) is 0. The molecule has 4 nitrogen and oxygen atoms in total. The lowest BCUT2D eigenvalue weighted by atomic mass is 9.88. The smallest absolute Gasteiger partial charge is 0.137 e. The van der Waals surface area contributed by atoms with Crippen molar-refractivity contribution in [3.63, 3.8) is 0 Å². The number of aromatic nitrogens is 3. The monoisotopic (exact) mass is 329 g/mol. The molecule has 1 aliphatic rings. The minimum absolute atomic E-state index is 0.202. The molecule has 2 aromatic carbocycles. The van der Waals surface area contributed by atoms with Gasteiger partial charge in [0, 0.05) is 17.0 Å². The van der Waals surface area contributed by atoms with Crippen LogP contribution in [-0.4, -0.2) is 15.2 Å². The van der Waals surface area contributed by atoms with Gasteiger partial charge in [-0.3, -0.25) is 5.10 Å². The predicted octanol–water partition coefficient (Wildman–Crippen LogP) is 3.81. The molecule has 4 rings (SSSR count). The number of ether oxygens (including phenoxy) is 1. The Balaban J connectivity index is 1.74. The van der Waals surface area contributed by atoms with Crippen LogP contribution in [0.5, 0.6) is 0 Å². The Morgan fingerprint density at radius 1 is 1.17 bits per heavy atom. The molecule has 1 saturated heterocycles. The lowest BCUT2D eigenvalue weighted by molar-refractivity contribution is 0.291. The van der Waals surface area contributed by atoms with E-state index in [9.17, 15) is 4.39 Å². The number of nitrogens with one attached hydrogen (secondary N) is 1. The normalized spacial score (nSPS) is 23.0. The van der Waals surface area contributed by atoms with E-state index in [1.807, 2.05) is 24.3 Å². The fourth-order valence-electron chi connectivity index (χ4n) is 2.93. The van der Waals surface area contributed by atoms with Crippen molar-refractivity contribution in [3.8, 4) is 0 Å². The largest absolute Gasteiger partial charge is 0.355 e. The second-order valence-electron chi connectivity index (χ2n) is 5.52. The second-order valence-corrected chi connectivity index (χ2v) is 5.93. The van der Waals surface area contributed by atoms with Crippen molar-refractivity contribution in [1.82, 2.24) is 15.2 Å². The molecule has 0 amide bonds. The van der Waals surface area contributed by atoms with E-state index in [-0.39, 0.29) is 11.9 Å². The van der Waals surface area contributed by atoms with Crippen LogP contribution in [0.25, 0.3) is 0 Å². The molecule has 1 fully saturated rings. The average Bonchev–Trinajstić information content (AvgIpc) is 3.02. The molecule has 1 aliphatic heterocycles. The molecular formula is C17H13ClFN3O. The number of nitrogens with zero attached hydrogens (tertiary/aromatic N) is 2. The number of rotatable bonds is 4. The van der Waals surface area contributed by atoms with Gasteiger partial charge in [-0.15, -0.1) is 0 Å². The maximum atomic E-state index is 13.3. The number of halogens is 2. The van der Waals surface area contributed by atoms with E-state index >= 15 is 0 Å². The van der Waals surface area contributed by atoms with E-state index in [2.05, 4.69) is 15.2 Å². The molecule has 6 heteroatoms. The number of hydrogen-bond acceptors (Lipinski definition) is 3. The van der Waals surface area contributed by atoms with Gasteiger partial charge in [0.2, 0.25) is 0 Å². The highest BCUT2D eigenvalue weighted by molar-refractivity contribution is 6.31. The first-order valence-electron chi connectivity index (χ1n) is 7.21. The van der Waals surface area contributed by atoms with Gasteiger partial charge in [0.25, 0.3) is 0 Å². The molecule has 23 heavy (non-hydrogen) atoms. The third kappa shape index (κ3) is 2.52. The maximum absolute atomic E-state index is 13.3. The lowest BCUT2D eigenvalue weighted by Crippen LogP contribution is -2.15. The van der Waals surface area contributed by atoms with Gasteiger partial charge < -0.3 is 4.74 Å². The molecule has 0 saturated carbocycles. The Bertz CT molecular complexity index is 822. The van der Waals surface area contributed by atoms with Gasteiger partial charge in [-0.1, -0.05) is 41.9 Å². The maximum Gasteiger partial charge on any atom is 0.137 e. The van der Waals surface area contributed by atoms with Crippen LogP contribution in [0.3, 0.4) is 0 Å². The molecule has 0 aliphatic carbocycles. The topological polar surface area (TPSA) is 54.1 Å². The van der Waals surface area contributed by atoms with Crippen LogP contribution in [0.4, 0.5) is 4.39 Å². The summed E-state index contributed by atoms with van der Waals surface area (Å²) in [6.07, 6.45) is 1.77. The fraction of sp³-hybridized carbons (Fsp3) is 0.176. The SMILES string of the molecule is Fc1ccc(C2(Cc3ncn[nH]3)OC2c2ccccc2Cl)cc1. The second kappa shape index (κ2) is 5.44. The van der Waals surface area contributed by atoms with Gasteiger partial charge in [-0.25, -0.2) is 9.37 Å². The van der Waals surface area contributed by atoms with Crippen molar-refractivity contribution >= 4 is 11.6 Å². The molecule has 3 aromatic rings. The highest BCUT2D eigenvalue weighted by atomic mass is 35.5. The minimum atomic E-state index is -0.613. The van der Waals surface area contributed by atoms with E-state index in [0.29, 0.717) is 17.3 Å². The van der Waals surface area contributed by atoms with Crippen LogP contribution >= 0.6 is 11.6 Å². The summed E-state index contributed by atoms with van der Waals surface area (Å²) in [5.74, 6) is 0.433. The molecule has 1 aromatic heterocycles. The summed E-state index contributed by atoms with van der Waals surface area (Å²) >= 11 is 6.31. The third-order valence-corrected chi connectivity index (χ3v) is 4.45. The minimum Gasteiger partial charge on any atom is -0.355 e. The Labute approximate surface area is 137 Å². The zero-order chi connectivity index (χ0) is 15.9. The highest BCUT2D eigenvalue weighted by Gasteiger charge is 2.59. The van der Waals surface area contributed by atoms with E-state index in [4.69, 9.17) is 16.3 Å². The van der Waals surface area contributed by atoms with Crippen molar-refractivity contribution in [2.75, 3.05) is 0 Å². The summed E-state index contributed by atoms with van der Waals surface area (Å²) in [7, 11) is 0. The number of hydrogen-bond donors (Lipinski definition) is 1. The molecule has 2 atom stereocenters. The fourth-order valence-corrected chi connectivity index (χ4v) is 3.17. The predicted molar refractivity (Wildman–Crippen MR) is 83.4 cm³/mol. The van der Waals surface area contributed by atoms with E-state index < -0.39 is 5.60 Å². The molecule has 0 bridgehead atoms. The summed E-state index contributed by atoms with van der Waals surface area (Å²) < 4.78 is 19.3. The molecular weight excluding hydrogens is 317 g/mol. The zero-order valence-corrected chi connectivity index (χ0v) is 12.8. The average molecular weight is 330 g/mol. The summed E-state index contributed by atoms with van der Waals surface area (Å²) in [4.78, 5) is 4.18. The van der Waals surface area contributed by atoms with Crippen molar-refractivity contribution in [2.24, 2.45) is 0 Å². The van der Waals surface area contributed by atoms with Gasteiger partial charge in [-0.05, 0) is 23.8 Å². The first-order chi connectivity index (χ1) is 11.2. The van der Waals surface area contributed by atoms with Crippen molar-refractivity contribution in [1.29, 1.82) is 0 Å².